The van der Waals surface area contributed by atoms with Gasteiger partial charge in [-0.15, -0.1) is 16.8 Å². The fraction of sp³-hybridized carbons (Fsp3) is 0.304. The third kappa shape index (κ3) is 4.94. The number of nitrogens with zero attached hydrogens (tertiary/aromatic N) is 4. The van der Waals surface area contributed by atoms with Gasteiger partial charge >= 0.3 is 0 Å². The summed E-state index contributed by atoms with van der Waals surface area (Å²) < 4.78 is 7.28. The van der Waals surface area contributed by atoms with Gasteiger partial charge in [0.2, 0.25) is 5.91 Å². The summed E-state index contributed by atoms with van der Waals surface area (Å²) in [7, 11) is 1.67. The van der Waals surface area contributed by atoms with Gasteiger partial charge in [-0.3, -0.25) is 9.59 Å². The lowest BCUT2D eigenvalue weighted by Gasteiger charge is -2.20. The summed E-state index contributed by atoms with van der Waals surface area (Å²) in [6.45, 7) is 4.70. The monoisotopic (exact) mass is 451 g/mol. The zero-order valence-corrected chi connectivity index (χ0v) is 18.7. The van der Waals surface area contributed by atoms with Crippen molar-refractivity contribution >= 4 is 29.3 Å². The van der Waals surface area contributed by atoms with Crippen LogP contribution < -0.4 is 10.2 Å². The Bertz CT molecular complexity index is 1100. The molecule has 2 heterocycles. The van der Waals surface area contributed by atoms with Crippen LogP contribution in [0.2, 0.25) is 0 Å². The molecule has 0 unspecified atom stereocenters. The van der Waals surface area contributed by atoms with Crippen molar-refractivity contribution in [2.24, 2.45) is 0 Å². The molecule has 2 aromatic heterocycles. The maximum absolute atomic E-state index is 12.9. The second-order valence-corrected chi connectivity index (χ2v) is 8.48. The number of furan rings is 1. The summed E-state index contributed by atoms with van der Waals surface area (Å²) in [4.78, 5) is 27.2. The Morgan fingerprint density at radius 2 is 2.09 bits per heavy atom. The number of aromatic nitrogens is 3. The van der Waals surface area contributed by atoms with Gasteiger partial charge in [0, 0.05) is 19.5 Å². The van der Waals surface area contributed by atoms with Crippen LogP contribution in [0, 0.1) is 0 Å². The molecule has 1 saturated carbocycles. The quantitative estimate of drug-likeness (QED) is 0.374. The van der Waals surface area contributed by atoms with E-state index in [0.717, 1.165) is 18.7 Å². The number of allylic oxidation sites excluding steroid dienone is 1. The molecule has 0 spiro atoms. The third-order valence-corrected chi connectivity index (χ3v) is 6.16. The van der Waals surface area contributed by atoms with Crippen LogP contribution in [-0.2, 0) is 17.9 Å². The number of para-hydroxylation sites is 1. The fourth-order valence-electron chi connectivity index (χ4n) is 3.34. The highest BCUT2D eigenvalue weighted by Gasteiger charge is 2.30. The molecule has 0 atom stereocenters. The third-order valence-electron chi connectivity index (χ3n) is 5.21. The first-order chi connectivity index (χ1) is 15.6. The highest BCUT2D eigenvalue weighted by molar-refractivity contribution is 7.99. The molecule has 1 aliphatic carbocycles. The number of carbonyl (C=O) groups excluding carboxylic acids is 2. The molecule has 2 amide bonds. The van der Waals surface area contributed by atoms with Crippen LogP contribution in [0.3, 0.4) is 0 Å². The average Bonchev–Trinajstić information content (AvgIpc) is 3.37. The molecule has 0 saturated heterocycles. The number of rotatable bonds is 10. The Hall–Kier alpha value is -3.33. The Morgan fingerprint density at radius 3 is 2.81 bits per heavy atom. The van der Waals surface area contributed by atoms with Crippen molar-refractivity contribution in [3.8, 4) is 0 Å². The summed E-state index contributed by atoms with van der Waals surface area (Å²) in [6, 6.07) is 10.6. The van der Waals surface area contributed by atoms with E-state index in [0.29, 0.717) is 34.6 Å². The van der Waals surface area contributed by atoms with Crippen molar-refractivity contribution in [2.45, 2.75) is 37.0 Å². The summed E-state index contributed by atoms with van der Waals surface area (Å²) in [5.41, 5.74) is 0.965. The molecule has 32 heavy (non-hydrogen) atoms. The van der Waals surface area contributed by atoms with Gasteiger partial charge in [-0.1, -0.05) is 30.0 Å². The number of carbonyl (C=O) groups is 2. The van der Waals surface area contributed by atoms with Crippen LogP contribution >= 0.6 is 11.8 Å². The van der Waals surface area contributed by atoms with Crippen molar-refractivity contribution in [3.05, 3.63) is 72.5 Å². The molecular weight excluding hydrogens is 426 g/mol. The van der Waals surface area contributed by atoms with Gasteiger partial charge < -0.3 is 19.2 Å². The van der Waals surface area contributed by atoms with E-state index in [1.807, 2.05) is 10.6 Å². The predicted octanol–water partition coefficient (Wildman–Crippen LogP) is 3.62. The first-order valence-corrected chi connectivity index (χ1v) is 11.4. The zero-order chi connectivity index (χ0) is 22.5. The molecule has 0 aliphatic heterocycles. The lowest BCUT2D eigenvalue weighted by molar-refractivity contribution is -0.115. The summed E-state index contributed by atoms with van der Waals surface area (Å²) >= 11 is 1.34. The predicted molar refractivity (Wildman–Crippen MR) is 123 cm³/mol. The minimum absolute atomic E-state index is 0.137. The van der Waals surface area contributed by atoms with E-state index >= 15 is 0 Å². The van der Waals surface area contributed by atoms with Crippen LogP contribution in [0.1, 0.15) is 40.7 Å². The SMILES string of the molecule is C=CCn1c(SCC(=O)N(C)c2ccccc2C(=O)NCc2ccco2)nnc1C1CC1. The van der Waals surface area contributed by atoms with Gasteiger partial charge in [-0.2, -0.15) is 0 Å². The maximum atomic E-state index is 12.9. The van der Waals surface area contributed by atoms with Crippen molar-refractivity contribution in [1.29, 1.82) is 0 Å². The Kier molecular flexibility index (Phi) is 6.75. The van der Waals surface area contributed by atoms with Gasteiger partial charge in [0.05, 0.1) is 29.8 Å². The van der Waals surface area contributed by atoms with Crippen LogP contribution in [0.25, 0.3) is 0 Å². The molecule has 166 valence electrons. The van der Waals surface area contributed by atoms with Crippen LogP contribution in [0.15, 0.2) is 64.9 Å². The maximum Gasteiger partial charge on any atom is 0.253 e. The molecule has 0 radical (unpaired) electrons. The molecule has 4 rings (SSSR count). The summed E-state index contributed by atoms with van der Waals surface area (Å²) in [5, 5.41) is 12.1. The van der Waals surface area contributed by atoms with Crippen LogP contribution in [0.5, 0.6) is 0 Å². The van der Waals surface area contributed by atoms with Gasteiger partial charge in [-0.25, -0.2) is 0 Å². The van der Waals surface area contributed by atoms with E-state index in [1.54, 1.807) is 49.7 Å². The second kappa shape index (κ2) is 9.86. The fourth-order valence-corrected chi connectivity index (χ4v) is 4.21. The zero-order valence-electron chi connectivity index (χ0n) is 17.9. The lowest BCUT2D eigenvalue weighted by atomic mass is 10.1. The minimum Gasteiger partial charge on any atom is -0.467 e. The molecule has 3 aromatic rings. The van der Waals surface area contributed by atoms with E-state index in [-0.39, 0.29) is 24.1 Å². The van der Waals surface area contributed by atoms with E-state index < -0.39 is 0 Å². The second-order valence-electron chi connectivity index (χ2n) is 7.53. The van der Waals surface area contributed by atoms with Crippen molar-refractivity contribution in [2.75, 3.05) is 17.7 Å². The van der Waals surface area contributed by atoms with Crippen molar-refractivity contribution < 1.29 is 14.0 Å². The first-order valence-electron chi connectivity index (χ1n) is 10.4. The van der Waals surface area contributed by atoms with Gasteiger partial charge in [0.15, 0.2) is 5.16 Å². The Labute approximate surface area is 190 Å². The topological polar surface area (TPSA) is 93.3 Å². The summed E-state index contributed by atoms with van der Waals surface area (Å²) in [6.07, 6.45) is 5.62. The van der Waals surface area contributed by atoms with Crippen molar-refractivity contribution in [3.63, 3.8) is 0 Å². The number of amides is 2. The molecule has 1 aliphatic rings. The van der Waals surface area contributed by atoms with Crippen LogP contribution in [0.4, 0.5) is 5.69 Å². The van der Waals surface area contributed by atoms with Gasteiger partial charge in [0.1, 0.15) is 11.6 Å². The van der Waals surface area contributed by atoms with E-state index in [1.165, 1.54) is 16.7 Å². The molecule has 1 fully saturated rings. The normalized spacial score (nSPS) is 13.0. The highest BCUT2D eigenvalue weighted by atomic mass is 32.2. The molecule has 8 nitrogen and oxygen atoms in total. The number of hydrogen-bond acceptors (Lipinski definition) is 6. The number of benzene rings is 1. The largest absolute Gasteiger partial charge is 0.467 e. The van der Waals surface area contributed by atoms with E-state index in [2.05, 4.69) is 22.1 Å². The van der Waals surface area contributed by atoms with Crippen molar-refractivity contribution in [1.82, 2.24) is 20.1 Å². The van der Waals surface area contributed by atoms with Crippen LogP contribution in [-0.4, -0.2) is 39.4 Å². The van der Waals surface area contributed by atoms with E-state index in [4.69, 9.17) is 4.42 Å². The molecular formula is C23H25N5O3S. The minimum atomic E-state index is -0.274. The number of hydrogen-bond donors (Lipinski definition) is 1. The van der Waals surface area contributed by atoms with Gasteiger partial charge in [0.25, 0.3) is 5.91 Å². The Balaban J connectivity index is 1.42. The Morgan fingerprint density at radius 1 is 1.28 bits per heavy atom. The highest BCUT2D eigenvalue weighted by Crippen LogP contribution is 2.40. The van der Waals surface area contributed by atoms with E-state index in [9.17, 15) is 9.59 Å². The molecule has 0 bridgehead atoms. The number of anilines is 1. The average molecular weight is 452 g/mol. The smallest absolute Gasteiger partial charge is 0.253 e. The standard InChI is InChI=1S/C23H25N5O3S/c1-3-12-28-21(16-10-11-16)25-26-23(28)32-15-20(29)27(2)19-9-5-4-8-18(19)22(30)24-14-17-7-6-13-31-17/h3-9,13,16H,1,10-12,14-15H2,2H3,(H,24,30). The molecule has 9 heteroatoms. The number of nitrogens with one attached hydrogen (secondary N) is 1. The lowest BCUT2D eigenvalue weighted by Crippen LogP contribution is -2.31. The first kappa shape index (κ1) is 21.9. The molecule has 1 N–H and O–H groups in total. The number of thioether (sulfide) groups is 1. The van der Waals surface area contributed by atoms with Gasteiger partial charge in [-0.05, 0) is 37.1 Å². The molecule has 1 aromatic carbocycles. The summed E-state index contributed by atoms with van der Waals surface area (Å²) in [5.74, 6) is 1.85.